The number of nitrogens with one attached hydrogen (secondary N) is 2. The average molecular weight is 394 g/mol. The summed E-state index contributed by atoms with van der Waals surface area (Å²) in [5.41, 5.74) is 4.47. The highest BCUT2D eigenvalue weighted by atomic mass is 19.4. The summed E-state index contributed by atoms with van der Waals surface area (Å²) in [5.74, 6) is 0.379. The van der Waals surface area contributed by atoms with E-state index in [-0.39, 0.29) is 5.75 Å². The minimum atomic E-state index is -4.73. The normalized spacial score (nSPS) is 12.0. The third-order valence-corrected chi connectivity index (χ3v) is 4.58. The number of ether oxygens (including phenoxy) is 1. The van der Waals surface area contributed by atoms with Crippen molar-refractivity contribution in [1.29, 1.82) is 0 Å². The second-order valence-electron chi connectivity index (χ2n) is 6.51. The second-order valence-corrected chi connectivity index (χ2v) is 6.51. The van der Waals surface area contributed by atoms with Gasteiger partial charge in [0.05, 0.1) is 16.6 Å². The topological polar surface area (TPSA) is 66.6 Å². The molecule has 0 fully saturated rings. The Labute approximate surface area is 162 Å². The van der Waals surface area contributed by atoms with E-state index in [9.17, 15) is 13.2 Å². The molecule has 0 aliphatic heterocycles. The first kappa shape index (κ1) is 17.3. The highest BCUT2D eigenvalue weighted by Gasteiger charge is 2.31. The summed E-state index contributed by atoms with van der Waals surface area (Å²) >= 11 is 0. The maximum atomic E-state index is 12.5. The van der Waals surface area contributed by atoms with Crippen molar-refractivity contribution >= 4 is 21.9 Å². The van der Waals surface area contributed by atoms with Gasteiger partial charge in [-0.25, -0.2) is 4.98 Å². The highest BCUT2D eigenvalue weighted by Crippen LogP contribution is 2.31. The van der Waals surface area contributed by atoms with E-state index in [1.165, 1.54) is 18.2 Å². The predicted molar refractivity (Wildman–Crippen MR) is 103 cm³/mol. The molecule has 5 aromatic rings. The number of hydrogen-bond acceptors (Lipinski definition) is 3. The van der Waals surface area contributed by atoms with E-state index in [2.05, 4.69) is 24.9 Å². The summed E-state index contributed by atoms with van der Waals surface area (Å²) in [6.45, 7) is 0. The maximum absolute atomic E-state index is 12.5. The van der Waals surface area contributed by atoms with Crippen LogP contribution >= 0.6 is 0 Å². The molecule has 0 unspecified atom stereocenters. The lowest BCUT2D eigenvalue weighted by atomic mass is 10.0. The van der Waals surface area contributed by atoms with Crippen LogP contribution in [-0.4, -0.2) is 26.5 Å². The van der Waals surface area contributed by atoms with E-state index in [4.69, 9.17) is 0 Å². The van der Waals surface area contributed by atoms with E-state index in [1.54, 1.807) is 6.07 Å². The number of nitrogens with zero attached hydrogens (tertiary/aromatic N) is 2. The molecule has 2 aromatic heterocycles. The van der Waals surface area contributed by atoms with E-state index in [0.717, 1.165) is 33.2 Å². The van der Waals surface area contributed by atoms with Crippen molar-refractivity contribution < 1.29 is 17.9 Å². The first-order valence-electron chi connectivity index (χ1n) is 8.76. The van der Waals surface area contributed by atoms with Crippen molar-refractivity contribution in [1.82, 2.24) is 20.2 Å². The van der Waals surface area contributed by atoms with E-state index in [1.807, 2.05) is 42.5 Å². The Morgan fingerprint density at radius 2 is 1.66 bits per heavy atom. The Balaban J connectivity index is 1.54. The van der Waals surface area contributed by atoms with E-state index >= 15 is 0 Å². The number of fused-ring (bicyclic) bond motifs is 2. The minimum Gasteiger partial charge on any atom is -0.406 e. The zero-order valence-electron chi connectivity index (χ0n) is 14.8. The molecule has 0 bridgehead atoms. The van der Waals surface area contributed by atoms with Crippen molar-refractivity contribution in [3.8, 4) is 28.4 Å². The highest BCUT2D eigenvalue weighted by molar-refractivity contribution is 5.93. The molecule has 2 heterocycles. The molecule has 0 radical (unpaired) electrons. The van der Waals surface area contributed by atoms with Gasteiger partial charge in [-0.15, -0.1) is 13.2 Å². The Hall–Kier alpha value is -3.81. The first-order valence-corrected chi connectivity index (χ1v) is 8.76. The molecule has 0 amide bonds. The lowest BCUT2D eigenvalue weighted by Gasteiger charge is -2.10. The standard InChI is InChI=1S/C21H13F3N4O/c22-21(23,24)29-14-5-3-4-12(10-14)13-8-9-17-18(11-13)26-20(25-17)19-15-6-1-2-7-16(15)27-28-19/h1-11H,(H,25,26)(H,27,28). The quantitative estimate of drug-likeness (QED) is 0.414. The van der Waals surface area contributed by atoms with Crippen LogP contribution in [0.25, 0.3) is 44.6 Å². The summed E-state index contributed by atoms with van der Waals surface area (Å²) in [7, 11) is 0. The number of imidazole rings is 1. The first-order chi connectivity index (χ1) is 14.0. The van der Waals surface area contributed by atoms with E-state index < -0.39 is 6.36 Å². The molecule has 29 heavy (non-hydrogen) atoms. The Morgan fingerprint density at radius 1 is 0.828 bits per heavy atom. The average Bonchev–Trinajstić information content (AvgIpc) is 3.30. The third-order valence-electron chi connectivity index (χ3n) is 4.58. The molecule has 0 saturated heterocycles. The summed E-state index contributed by atoms with van der Waals surface area (Å²) < 4.78 is 41.5. The van der Waals surface area contributed by atoms with Gasteiger partial charge >= 0.3 is 6.36 Å². The SMILES string of the molecule is FC(F)(F)Oc1cccc(-c2ccc3nc(-c4[nH]nc5ccccc45)[nH]c3c2)c1. The number of para-hydroxylation sites is 1. The smallest absolute Gasteiger partial charge is 0.406 e. The fourth-order valence-electron chi connectivity index (χ4n) is 3.32. The molecule has 0 spiro atoms. The van der Waals surface area contributed by atoms with E-state index in [0.29, 0.717) is 11.4 Å². The van der Waals surface area contributed by atoms with Gasteiger partial charge in [0.1, 0.15) is 11.4 Å². The van der Waals surface area contributed by atoms with Gasteiger partial charge in [0, 0.05) is 5.39 Å². The number of halogens is 3. The van der Waals surface area contributed by atoms with Gasteiger partial charge in [-0.1, -0.05) is 36.4 Å². The number of aromatic nitrogens is 4. The maximum Gasteiger partial charge on any atom is 0.573 e. The van der Waals surface area contributed by atoms with Gasteiger partial charge in [0.2, 0.25) is 0 Å². The molecule has 3 aromatic carbocycles. The molecule has 8 heteroatoms. The van der Waals surface area contributed by atoms with Gasteiger partial charge in [-0.2, -0.15) is 5.10 Å². The summed E-state index contributed by atoms with van der Waals surface area (Å²) in [5, 5.41) is 8.23. The Morgan fingerprint density at radius 3 is 2.52 bits per heavy atom. The summed E-state index contributed by atoms with van der Waals surface area (Å²) in [6, 6.07) is 19.1. The number of alkyl halides is 3. The molecule has 5 nitrogen and oxygen atoms in total. The van der Waals surface area contributed by atoms with Crippen LogP contribution in [-0.2, 0) is 0 Å². The van der Waals surface area contributed by atoms with Crippen molar-refractivity contribution in [3.05, 3.63) is 66.7 Å². The fourth-order valence-corrected chi connectivity index (χ4v) is 3.32. The van der Waals surface area contributed by atoms with Crippen molar-refractivity contribution in [2.45, 2.75) is 6.36 Å². The fraction of sp³-hybridized carbons (Fsp3) is 0.0476. The van der Waals surface area contributed by atoms with Gasteiger partial charge in [0.25, 0.3) is 0 Å². The van der Waals surface area contributed by atoms with Crippen LogP contribution in [0.1, 0.15) is 0 Å². The van der Waals surface area contributed by atoms with Gasteiger partial charge in [0.15, 0.2) is 5.82 Å². The second kappa shape index (κ2) is 6.37. The lowest BCUT2D eigenvalue weighted by Crippen LogP contribution is -2.17. The number of rotatable bonds is 3. The zero-order chi connectivity index (χ0) is 20.0. The molecule has 5 rings (SSSR count). The molecule has 0 atom stereocenters. The third kappa shape index (κ3) is 3.29. The monoisotopic (exact) mass is 394 g/mol. The molecular weight excluding hydrogens is 381 g/mol. The van der Waals surface area contributed by atoms with Gasteiger partial charge in [-0.3, -0.25) is 5.10 Å². The molecule has 2 N–H and O–H groups in total. The van der Waals surface area contributed by atoms with Crippen LogP contribution in [0.15, 0.2) is 66.7 Å². The lowest BCUT2D eigenvalue weighted by molar-refractivity contribution is -0.274. The largest absolute Gasteiger partial charge is 0.573 e. The van der Waals surface area contributed by atoms with Crippen LogP contribution in [0.3, 0.4) is 0 Å². The number of aromatic amines is 2. The van der Waals surface area contributed by atoms with Crippen LogP contribution < -0.4 is 4.74 Å². The van der Waals surface area contributed by atoms with Crippen molar-refractivity contribution in [2.75, 3.05) is 0 Å². The number of benzene rings is 3. The van der Waals surface area contributed by atoms with Crippen LogP contribution in [0.5, 0.6) is 5.75 Å². The minimum absolute atomic E-state index is 0.260. The molecule has 0 saturated carbocycles. The van der Waals surface area contributed by atoms with Crippen LogP contribution in [0.4, 0.5) is 13.2 Å². The Bertz CT molecular complexity index is 1340. The van der Waals surface area contributed by atoms with Gasteiger partial charge in [-0.05, 0) is 41.5 Å². The summed E-state index contributed by atoms with van der Waals surface area (Å²) in [4.78, 5) is 7.87. The summed E-state index contributed by atoms with van der Waals surface area (Å²) in [6.07, 6.45) is -4.73. The van der Waals surface area contributed by atoms with Crippen molar-refractivity contribution in [3.63, 3.8) is 0 Å². The molecule has 0 aliphatic carbocycles. The molecule has 144 valence electrons. The number of H-pyrrole nitrogens is 2. The van der Waals surface area contributed by atoms with Crippen LogP contribution in [0, 0.1) is 0 Å². The Kier molecular flexibility index (Phi) is 3.80. The van der Waals surface area contributed by atoms with Crippen LogP contribution in [0.2, 0.25) is 0 Å². The molecule has 0 aliphatic rings. The predicted octanol–water partition coefficient (Wildman–Crippen LogP) is 5.67. The van der Waals surface area contributed by atoms with Gasteiger partial charge < -0.3 is 9.72 Å². The van der Waals surface area contributed by atoms with Crippen molar-refractivity contribution in [2.24, 2.45) is 0 Å². The number of hydrogen-bond donors (Lipinski definition) is 2. The molecular formula is C21H13F3N4O. The zero-order valence-corrected chi connectivity index (χ0v) is 14.8.